The van der Waals surface area contributed by atoms with E-state index in [1.807, 2.05) is 17.0 Å². The van der Waals surface area contributed by atoms with Gasteiger partial charge in [-0.3, -0.25) is 4.79 Å². The Morgan fingerprint density at radius 3 is 2.79 bits per heavy atom. The van der Waals surface area contributed by atoms with Crippen molar-refractivity contribution in [1.82, 2.24) is 4.90 Å². The number of amides is 1. The number of ether oxygens (including phenoxy) is 2. The second kappa shape index (κ2) is 7.66. The maximum atomic E-state index is 12.6. The van der Waals surface area contributed by atoms with E-state index in [1.54, 1.807) is 7.11 Å². The first-order valence-corrected chi connectivity index (χ1v) is 9.10. The Labute approximate surface area is 145 Å². The predicted molar refractivity (Wildman–Crippen MR) is 94.0 cm³/mol. The van der Waals surface area contributed by atoms with Crippen LogP contribution in [0.15, 0.2) is 24.3 Å². The number of likely N-dealkylation sites (tertiary alicyclic amines) is 1. The predicted octanol–water partition coefficient (Wildman–Crippen LogP) is 2.97. The molecule has 2 aliphatic rings. The summed E-state index contributed by atoms with van der Waals surface area (Å²) in [5, 5.41) is 0. The van der Waals surface area contributed by atoms with Crippen LogP contribution in [0.25, 0.3) is 0 Å². The minimum atomic E-state index is -0.0159. The van der Waals surface area contributed by atoms with E-state index in [0.29, 0.717) is 12.3 Å². The van der Waals surface area contributed by atoms with Gasteiger partial charge in [-0.1, -0.05) is 24.3 Å². The molecule has 1 aromatic rings. The molecule has 0 unspecified atom stereocenters. The van der Waals surface area contributed by atoms with Gasteiger partial charge in [-0.15, -0.1) is 0 Å². The number of hydrogen-bond acceptors (Lipinski definition) is 3. The number of hydrogen-bond donors (Lipinski definition) is 0. The summed E-state index contributed by atoms with van der Waals surface area (Å²) < 4.78 is 11.4. The van der Waals surface area contributed by atoms with E-state index in [-0.39, 0.29) is 11.5 Å². The lowest BCUT2D eigenvalue weighted by molar-refractivity contribution is -0.137. The summed E-state index contributed by atoms with van der Waals surface area (Å²) in [6, 6.07) is 8.15. The molecule has 3 rings (SSSR count). The SMILES string of the molecule is COCC[C@H]1CCOC12CCN(C(=O)Cc1ccccc1C)CC2. The number of carbonyl (C=O) groups is 1. The molecular weight excluding hydrogens is 302 g/mol. The summed E-state index contributed by atoms with van der Waals surface area (Å²) in [4.78, 5) is 14.7. The first kappa shape index (κ1) is 17.4. The molecule has 1 atom stereocenters. The van der Waals surface area contributed by atoms with Crippen molar-refractivity contribution in [3.05, 3.63) is 35.4 Å². The zero-order valence-electron chi connectivity index (χ0n) is 14.9. The van der Waals surface area contributed by atoms with E-state index in [4.69, 9.17) is 9.47 Å². The number of carbonyl (C=O) groups excluding carboxylic acids is 1. The lowest BCUT2D eigenvalue weighted by atomic mass is 9.78. The van der Waals surface area contributed by atoms with Gasteiger partial charge in [0.25, 0.3) is 0 Å². The molecule has 2 fully saturated rings. The first-order chi connectivity index (χ1) is 11.6. The molecular formula is C20H29NO3. The van der Waals surface area contributed by atoms with Gasteiger partial charge in [0.15, 0.2) is 0 Å². The van der Waals surface area contributed by atoms with Crippen LogP contribution < -0.4 is 0 Å². The molecule has 0 radical (unpaired) electrons. The Bertz CT molecular complexity index is 564. The summed E-state index contributed by atoms with van der Waals surface area (Å²) in [6.45, 7) is 5.35. The lowest BCUT2D eigenvalue weighted by Crippen LogP contribution is -2.50. The fourth-order valence-electron chi connectivity index (χ4n) is 4.22. The zero-order chi connectivity index (χ0) is 17.0. The van der Waals surface area contributed by atoms with Crippen molar-refractivity contribution < 1.29 is 14.3 Å². The van der Waals surface area contributed by atoms with Crippen LogP contribution in [0.2, 0.25) is 0 Å². The van der Waals surface area contributed by atoms with Gasteiger partial charge in [-0.25, -0.2) is 0 Å². The van der Waals surface area contributed by atoms with Gasteiger partial charge in [0.2, 0.25) is 5.91 Å². The number of methoxy groups -OCH3 is 1. The number of rotatable bonds is 5. The maximum Gasteiger partial charge on any atom is 0.227 e. The lowest BCUT2D eigenvalue weighted by Gasteiger charge is -2.42. The molecule has 0 saturated carbocycles. The highest BCUT2D eigenvalue weighted by Crippen LogP contribution is 2.42. The van der Waals surface area contributed by atoms with Crippen LogP contribution >= 0.6 is 0 Å². The fraction of sp³-hybridized carbons (Fsp3) is 0.650. The Morgan fingerprint density at radius 2 is 2.08 bits per heavy atom. The van der Waals surface area contributed by atoms with Crippen LogP contribution in [-0.4, -0.2) is 49.8 Å². The summed E-state index contributed by atoms with van der Waals surface area (Å²) in [5.74, 6) is 0.816. The van der Waals surface area contributed by atoms with E-state index >= 15 is 0 Å². The number of aryl methyl sites for hydroxylation is 1. The summed E-state index contributed by atoms with van der Waals surface area (Å²) in [7, 11) is 1.76. The van der Waals surface area contributed by atoms with E-state index < -0.39 is 0 Å². The monoisotopic (exact) mass is 331 g/mol. The molecule has 0 aliphatic carbocycles. The second-order valence-electron chi connectivity index (χ2n) is 7.16. The van der Waals surface area contributed by atoms with E-state index in [1.165, 1.54) is 5.56 Å². The summed E-state index contributed by atoms with van der Waals surface area (Å²) >= 11 is 0. The average molecular weight is 331 g/mol. The van der Waals surface area contributed by atoms with Gasteiger partial charge in [0.05, 0.1) is 12.0 Å². The van der Waals surface area contributed by atoms with Crippen LogP contribution in [0.1, 0.15) is 36.8 Å². The normalized spacial score (nSPS) is 22.9. The topological polar surface area (TPSA) is 38.8 Å². The van der Waals surface area contributed by atoms with Crippen LogP contribution in [0.5, 0.6) is 0 Å². The van der Waals surface area contributed by atoms with Gasteiger partial charge in [0, 0.05) is 33.4 Å². The Hall–Kier alpha value is -1.39. The van der Waals surface area contributed by atoms with Crippen molar-refractivity contribution in [1.29, 1.82) is 0 Å². The molecule has 0 N–H and O–H groups in total. The fourth-order valence-corrected chi connectivity index (χ4v) is 4.22. The van der Waals surface area contributed by atoms with E-state index in [2.05, 4.69) is 19.1 Å². The van der Waals surface area contributed by atoms with Gasteiger partial charge >= 0.3 is 0 Å². The molecule has 2 saturated heterocycles. The van der Waals surface area contributed by atoms with E-state index in [9.17, 15) is 4.79 Å². The van der Waals surface area contributed by atoms with Gasteiger partial charge < -0.3 is 14.4 Å². The number of benzene rings is 1. The van der Waals surface area contributed by atoms with Crippen molar-refractivity contribution in [3.63, 3.8) is 0 Å². The minimum Gasteiger partial charge on any atom is -0.385 e. The van der Waals surface area contributed by atoms with Crippen LogP contribution in [0.3, 0.4) is 0 Å². The van der Waals surface area contributed by atoms with Crippen molar-refractivity contribution in [2.75, 3.05) is 33.4 Å². The second-order valence-corrected chi connectivity index (χ2v) is 7.16. The zero-order valence-corrected chi connectivity index (χ0v) is 14.9. The van der Waals surface area contributed by atoms with Crippen LogP contribution in [-0.2, 0) is 20.7 Å². The molecule has 1 spiro atoms. The average Bonchev–Trinajstić information content (AvgIpc) is 2.97. The maximum absolute atomic E-state index is 12.6. The molecule has 2 aliphatic heterocycles. The Kier molecular flexibility index (Phi) is 5.57. The molecule has 2 heterocycles. The first-order valence-electron chi connectivity index (χ1n) is 9.10. The highest BCUT2D eigenvalue weighted by atomic mass is 16.5. The third-order valence-electron chi connectivity index (χ3n) is 5.84. The van der Waals surface area contributed by atoms with Gasteiger partial charge in [0.1, 0.15) is 0 Å². The largest absolute Gasteiger partial charge is 0.385 e. The van der Waals surface area contributed by atoms with Gasteiger partial charge in [-0.2, -0.15) is 0 Å². The van der Waals surface area contributed by atoms with Crippen molar-refractivity contribution in [3.8, 4) is 0 Å². The van der Waals surface area contributed by atoms with Gasteiger partial charge in [-0.05, 0) is 49.7 Å². The molecule has 4 nitrogen and oxygen atoms in total. The molecule has 1 aromatic carbocycles. The molecule has 1 amide bonds. The number of nitrogens with zero attached hydrogens (tertiary/aromatic N) is 1. The Morgan fingerprint density at radius 1 is 1.33 bits per heavy atom. The highest BCUT2D eigenvalue weighted by Gasteiger charge is 2.46. The summed E-state index contributed by atoms with van der Waals surface area (Å²) in [6.07, 6.45) is 4.61. The smallest absolute Gasteiger partial charge is 0.227 e. The highest BCUT2D eigenvalue weighted by molar-refractivity contribution is 5.79. The third kappa shape index (κ3) is 3.65. The standard InChI is InChI=1S/C20H29NO3/c1-16-5-3-4-6-17(16)15-19(22)21-11-9-20(10-12-21)18(7-13-23-2)8-14-24-20/h3-6,18H,7-15H2,1-2H3/t18-/m0/s1. The molecule has 0 bridgehead atoms. The van der Waals surface area contributed by atoms with Crippen molar-refractivity contribution in [2.45, 2.75) is 44.6 Å². The molecule has 4 heteroatoms. The van der Waals surface area contributed by atoms with Crippen molar-refractivity contribution >= 4 is 5.91 Å². The van der Waals surface area contributed by atoms with E-state index in [0.717, 1.165) is 57.6 Å². The van der Waals surface area contributed by atoms with Crippen molar-refractivity contribution in [2.24, 2.45) is 5.92 Å². The third-order valence-corrected chi connectivity index (χ3v) is 5.84. The molecule has 24 heavy (non-hydrogen) atoms. The quantitative estimate of drug-likeness (QED) is 0.833. The Balaban J connectivity index is 1.56. The molecule has 132 valence electrons. The molecule has 0 aromatic heterocycles. The summed E-state index contributed by atoms with van der Waals surface area (Å²) in [5.41, 5.74) is 2.31. The number of piperidine rings is 1. The minimum absolute atomic E-state index is 0.0159. The van der Waals surface area contributed by atoms with Crippen LogP contribution in [0, 0.1) is 12.8 Å². The van der Waals surface area contributed by atoms with Crippen LogP contribution in [0.4, 0.5) is 0 Å².